The Morgan fingerprint density at radius 3 is 2.46 bits per heavy atom. The van der Waals surface area contributed by atoms with Gasteiger partial charge in [-0.25, -0.2) is 4.79 Å². The molecule has 0 aliphatic carbocycles. The van der Waals surface area contributed by atoms with Gasteiger partial charge in [0.15, 0.2) is 0 Å². The van der Waals surface area contributed by atoms with Crippen LogP contribution in [0.2, 0.25) is 0 Å². The third kappa shape index (κ3) is 2.79. The molecule has 2 rings (SSSR count). The van der Waals surface area contributed by atoms with Gasteiger partial charge in [-0.2, -0.15) is 0 Å². The van der Waals surface area contributed by atoms with E-state index in [4.69, 9.17) is 4.74 Å². The number of benzene rings is 1. The zero-order chi connectivity index (χ0) is 18.2. The number of carbonyl (C=O) groups excluding carboxylic acids is 2. The first kappa shape index (κ1) is 17.7. The molecule has 0 aliphatic rings. The topological polar surface area (TPSA) is 79.7 Å². The van der Waals surface area contributed by atoms with E-state index in [2.05, 4.69) is 4.98 Å². The molecule has 0 radical (unpaired) electrons. The van der Waals surface area contributed by atoms with Crippen molar-refractivity contribution in [2.24, 2.45) is 0 Å². The minimum atomic E-state index is -1.13. The molecule has 0 atom stereocenters. The van der Waals surface area contributed by atoms with Crippen LogP contribution in [-0.4, -0.2) is 46.6 Å². The van der Waals surface area contributed by atoms with Crippen LogP contribution in [0.5, 0.6) is 5.75 Å². The van der Waals surface area contributed by atoms with E-state index >= 15 is 0 Å². The van der Waals surface area contributed by atoms with E-state index in [1.165, 1.54) is 24.1 Å². The minimum absolute atomic E-state index is 0.0523. The largest absolute Gasteiger partial charge is 0.508 e. The predicted molar refractivity (Wildman–Crippen MR) is 91.1 cm³/mol. The van der Waals surface area contributed by atoms with Crippen molar-refractivity contribution in [2.45, 2.75) is 33.2 Å². The van der Waals surface area contributed by atoms with Crippen LogP contribution < -0.4 is 0 Å². The molecule has 1 N–H and O–H groups in total. The van der Waals surface area contributed by atoms with Crippen molar-refractivity contribution in [3.63, 3.8) is 0 Å². The summed E-state index contributed by atoms with van der Waals surface area (Å²) in [5.41, 5.74) is 1.35. The minimum Gasteiger partial charge on any atom is -0.508 e. The van der Waals surface area contributed by atoms with Gasteiger partial charge < -0.3 is 14.7 Å². The lowest BCUT2D eigenvalue weighted by Gasteiger charge is -2.33. The molecule has 0 unspecified atom stereocenters. The first-order valence-corrected chi connectivity index (χ1v) is 7.57. The number of fused-ring (bicyclic) bond motifs is 1. The number of phenols is 1. The number of carbonyl (C=O) groups is 2. The van der Waals surface area contributed by atoms with Gasteiger partial charge in [0.1, 0.15) is 11.3 Å². The van der Waals surface area contributed by atoms with Crippen LogP contribution in [0.3, 0.4) is 0 Å². The summed E-state index contributed by atoms with van der Waals surface area (Å²) in [5.74, 6) is -0.783. The number of aromatic hydroxyl groups is 1. The zero-order valence-corrected chi connectivity index (χ0v) is 14.8. The Bertz CT molecular complexity index is 827. The highest BCUT2D eigenvalue weighted by molar-refractivity contribution is 6.09. The lowest BCUT2D eigenvalue weighted by molar-refractivity contribution is -0.150. The Hall–Kier alpha value is -2.63. The van der Waals surface area contributed by atoms with Gasteiger partial charge in [0, 0.05) is 18.1 Å². The van der Waals surface area contributed by atoms with Crippen molar-refractivity contribution in [1.29, 1.82) is 0 Å². The summed E-state index contributed by atoms with van der Waals surface area (Å²) >= 11 is 0. The van der Waals surface area contributed by atoms with Crippen LogP contribution in [0.1, 0.15) is 35.5 Å². The standard InChI is InChI=1S/C18H22N2O4/c1-10-11(2)19-14-8-7-12(21)9-13(14)15(10)16(22)20(5)18(3,4)17(23)24-6/h7-9,21H,1-6H3. The normalized spacial score (nSPS) is 11.4. The maximum atomic E-state index is 13.1. The molecule has 0 fully saturated rings. The maximum absolute atomic E-state index is 13.1. The number of aryl methyl sites for hydroxylation is 1. The number of hydrogen-bond acceptors (Lipinski definition) is 5. The number of ether oxygens (including phenoxy) is 1. The number of phenolic OH excluding ortho intramolecular Hbond substituents is 1. The smallest absolute Gasteiger partial charge is 0.331 e. The molecular weight excluding hydrogens is 308 g/mol. The second-order valence-electron chi connectivity index (χ2n) is 6.31. The third-order valence-corrected chi connectivity index (χ3v) is 4.50. The van der Waals surface area contributed by atoms with Crippen molar-refractivity contribution >= 4 is 22.8 Å². The number of esters is 1. The number of methoxy groups -OCH3 is 1. The van der Waals surface area contributed by atoms with Gasteiger partial charge in [-0.15, -0.1) is 0 Å². The Kier molecular flexibility index (Phi) is 4.51. The highest BCUT2D eigenvalue weighted by atomic mass is 16.5. The van der Waals surface area contributed by atoms with E-state index in [1.54, 1.807) is 33.9 Å². The molecule has 0 bridgehead atoms. The summed E-state index contributed by atoms with van der Waals surface area (Å²) in [6, 6.07) is 4.71. The Labute approximate surface area is 141 Å². The van der Waals surface area contributed by atoms with Gasteiger partial charge in [-0.05, 0) is 51.5 Å². The van der Waals surface area contributed by atoms with Gasteiger partial charge in [0.2, 0.25) is 0 Å². The average Bonchev–Trinajstić information content (AvgIpc) is 2.54. The van der Waals surface area contributed by atoms with Crippen molar-refractivity contribution in [1.82, 2.24) is 9.88 Å². The quantitative estimate of drug-likeness (QED) is 0.875. The summed E-state index contributed by atoms with van der Waals surface area (Å²) in [7, 11) is 2.85. The van der Waals surface area contributed by atoms with Gasteiger partial charge in [0.05, 0.1) is 18.2 Å². The summed E-state index contributed by atoms with van der Waals surface area (Å²) in [5, 5.41) is 10.3. The monoisotopic (exact) mass is 330 g/mol. The van der Waals surface area contributed by atoms with Crippen molar-refractivity contribution in [2.75, 3.05) is 14.2 Å². The molecule has 6 nitrogen and oxygen atoms in total. The molecule has 0 saturated carbocycles. The van der Waals surface area contributed by atoms with Crippen LogP contribution in [0, 0.1) is 13.8 Å². The molecule has 0 spiro atoms. The van der Waals surface area contributed by atoms with E-state index < -0.39 is 11.5 Å². The molecular formula is C18H22N2O4. The van der Waals surface area contributed by atoms with Crippen molar-refractivity contribution < 1.29 is 19.4 Å². The molecule has 1 aromatic heterocycles. The van der Waals surface area contributed by atoms with Crippen LogP contribution in [0.4, 0.5) is 0 Å². The fourth-order valence-corrected chi connectivity index (χ4v) is 2.55. The lowest BCUT2D eigenvalue weighted by Crippen LogP contribution is -2.51. The fourth-order valence-electron chi connectivity index (χ4n) is 2.55. The fraction of sp³-hybridized carbons (Fsp3) is 0.389. The first-order chi connectivity index (χ1) is 11.1. The highest BCUT2D eigenvalue weighted by Crippen LogP contribution is 2.29. The number of amides is 1. The average molecular weight is 330 g/mol. The molecule has 0 aliphatic heterocycles. The number of aromatic nitrogens is 1. The second kappa shape index (κ2) is 6.11. The highest BCUT2D eigenvalue weighted by Gasteiger charge is 2.37. The Morgan fingerprint density at radius 2 is 1.88 bits per heavy atom. The Morgan fingerprint density at radius 1 is 1.25 bits per heavy atom. The van der Waals surface area contributed by atoms with Crippen LogP contribution in [-0.2, 0) is 9.53 Å². The van der Waals surface area contributed by atoms with Crippen molar-refractivity contribution in [3.05, 3.63) is 35.0 Å². The molecule has 6 heteroatoms. The zero-order valence-electron chi connectivity index (χ0n) is 14.8. The van der Waals surface area contributed by atoms with Crippen LogP contribution in [0.25, 0.3) is 10.9 Å². The molecule has 1 amide bonds. The SMILES string of the molecule is COC(=O)C(C)(C)N(C)C(=O)c1c(C)c(C)nc2ccc(O)cc12. The predicted octanol–water partition coefficient (Wildman–Crippen LogP) is 2.58. The van der Waals surface area contributed by atoms with E-state index in [-0.39, 0.29) is 11.7 Å². The van der Waals surface area contributed by atoms with E-state index in [0.717, 1.165) is 5.69 Å². The molecule has 2 aromatic rings. The van der Waals surface area contributed by atoms with Gasteiger partial charge in [-0.3, -0.25) is 9.78 Å². The van der Waals surface area contributed by atoms with Crippen LogP contribution >= 0.6 is 0 Å². The third-order valence-electron chi connectivity index (χ3n) is 4.50. The van der Waals surface area contributed by atoms with E-state index in [9.17, 15) is 14.7 Å². The molecule has 1 aromatic carbocycles. The van der Waals surface area contributed by atoms with Gasteiger partial charge in [0.25, 0.3) is 5.91 Å². The Balaban J connectivity index is 2.67. The summed E-state index contributed by atoms with van der Waals surface area (Å²) in [6.07, 6.45) is 0. The number of nitrogens with zero attached hydrogens (tertiary/aromatic N) is 2. The maximum Gasteiger partial charge on any atom is 0.331 e. The van der Waals surface area contributed by atoms with Gasteiger partial charge in [-0.1, -0.05) is 0 Å². The number of rotatable bonds is 3. The van der Waals surface area contributed by atoms with Gasteiger partial charge >= 0.3 is 5.97 Å². The van der Waals surface area contributed by atoms with Crippen LogP contribution in [0.15, 0.2) is 18.2 Å². The molecule has 24 heavy (non-hydrogen) atoms. The number of hydrogen-bond donors (Lipinski definition) is 1. The number of pyridine rings is 1. The first-order valence-electron chi connectivity index (χ1n) is 7.57. The van der Waals surface area contributed by atoms with E-state index in [0.29, 0.717) is 22.0 Å². The molecule has 0 saturated heterocycles. The number of likely N-dealkylation sites (N-methyl/N-ethyl adjacent to an activating group) is 1. The summed E-state index contributed by atoms with van der Waals surface area (Å²) < 4.78 is 4.80. The second-order valence-corrected chi connectivity index (χ2v) is 6.31. The molecule has 1 heterocycles. The van der Waals surface area contributed by atoms with Crippen molar-refractivity contribution in [3.8, 4) is 5.75 Å². The molecule has 128 valence electrons. The summed E-state index contributed by atoms with van der Waals surface area (Å²) in [6.45, 7) is 6.88. The van der Waals surface area contributed by atoms with E-state index in [1.807, 2.05) is 6.92 Å². The lowest BCUT2D eigenvalue weighted by atomic mass is 9.97. The summed E-state index contributed by atoms with van der Waals surface area (Å²) in [4.78, 5) is 30.9.